The van der Waals surface area contributed by atoms with Crippen LogP contribution in [0.2, 0.25) is 0 Å². The van der Waals surface area contributed by atoms with Crippen molar-refractivity contribution >= 4 is 11.8 Å². The van der Waals surface area contributed by atoms with E-state index in [4.69, 9.17) is 4.84 Å². The molecule has 1 N–H and O–H groups in total. The van der Waals surface area contributed by atoms with Crippen molar-refractivity contribution in [1.29, 1.82) is 0 Å². The Kier molecular flexibility index (Phi) is 9.07. The Labute approximate surface area is 91.3 Å². The summed E-state index contributed by atoms with van der Waals surface area (Å²) in [7, 11) is 0. The van der Waals surface area contributed by atoms with Gasteiger partial charge in [-0.2, -0.15) is 5.48 Å². The molecule has 0 unspecified atom stereocenters. The number of hydrogen-bond donors (Lipinski definition) is 1. The van der Waals surface area contributed by atoms with Crippen molar-refractivity contribution in [2.75, 3.05) is 6.54 Å². The Morgan fingerprint density at radius 1 is 1.13 bits per heavy atom. The molecule has 0 aromatic heterocycles. The van der Waals surface area contributed by atoms with Gasteiger partial charge >= 0.3 is 5.97 Å². The van der Waals surface area contributed by atoms with Crippen molar-refractivity contribution in [1.82, 2.24) is 5.48 Å². The van der Waals surface area contributed by atoms with E-state index in [-0.39, 0.29) is 24.6 Å². The van der Waals surface area contributed by atoms with E-state index in [9.17, 15) is 9.59 Å². The normalized spacial score (nSPS) is 10.0. The molecule has 0 aromatic carbocycles. The van der Waals surface area contributed by atoms with Gasteiger partial charge in [-0.1, -0.05) is 26.2 Å². The maximum Gasteiger partial charge on any atom is 0.325 e. The molecular formula is C11H21NO3. The highest BCUT2D eigenvalue weighted by Gasteiger charge is 2.04. The second-order valence-corrected chi connectivity index (χ2v) is 3.63. The molecule has 4 heteroatoms. The van der Waals surface area contributed by atoms with Gasteiger partial charge in [0.25, 0.3) is 0 Å². The molecule has 0 amide bonds. The molecule has 15 heavy (non-hydrogen) atoms. The number of Topliss-reactive ketones (excluding diaryl/α,β-unsaturated/α-hetero) is 1. The molecule has 0 saturated carbocycles. The van der Waals surface area contributed by atoms with Gasteiger partial charge in [0.2, 0.25) is 0 Å². The highest BCUT2D eigenvalue weighted by atomic mass is 16.7. The third kappa shape index (κ3) is 11.0. The predicted molar refractivity (Wildman–Crippen MR) is 58.2 cm³/mol. The lowest BCUT2D eigenvalue weighted by Crippen LogP contribution is -2.21. The van der Waals surface area contributed by atoms with Gasteiger partial charge in [-0.25, -0.2) is 0 Å². The van der Waals surface area contributed by atoms with Crippen LogP contribution in [0.4, 0.5) is 0 Å². The topological polar surface area (TPSA) is 55.4 Å². The number of carbonyl (C=O) groups is 2. The van der Waals surface area contributed by atoms with Crippen LogP contribution in [-0.2, 0) is 14.4 Å². The first kappa shape index (κ1) is 14.1. The quantitative estimate of drug-likeness (QED) is 0.472. The van der Waals surface area contributed by atoms with Crippen LogP contribution in [0.15, 0.2) is 0 Å². The van der Waals surface area contributed by atoms with Crippen LogP contribution in [0.1, 0.15) is 52.4 Å². The fourth-order valence-corrected chi connectivity index (χ4v) is 1.08. The van der Waals surface area contributed by atoms with Crippen molar-refractivity contribution in [3.63, 3.8) is 0 Å². The smallest absolute Gasteiger partial charge is 0.325 e. The molecule has 0 heterocycles. The molecule has 0 atom stereocenters. The van der Waals surface area contributed by atoms with Crippen molar-refractivity contribution in [3.8, 4) is 0 Å². The number of rotatable bonds is 9. The second kappa shape index (κ2) is 9.65. The van der Waals surface area contributed by atoms with Gasteiger partial charge in [-0.3, -0.25) is 4.79 Å². The highest BCUT2D eigenvalue weighted by Crippen LogP contribution is 1.97. The molecule has 0 fully saturated rings. The lowest BCUT2D eigenvalue weighted by molar-refractivity contribution is -0.151. The molecule has 0 aliphatic heterocycles. The molecule has 0 bridgehead atoms. The average Bonchev–Trinajstić information content (AvgIpc) is 2.20. The third-order valence-corrected chi connectivity index (χ3v) is 2.00. The van der Waals surface area contributed by atoms with Gasteiger partial charge in [0.05, 0.1) is 6.42 Å². The van der Waals surface area contributed by atoms with Crippen LogP contribution >= 0.6 is 0 Å². The number of unbranched alkanes of at least 4 members (excludes halogenated alkanes) is 3. The lowest BCUT2D eigenvalue weighted by Gasteiger charge is -2.04. The summed E-state index contributed by atoms with van der Waals surface area (Å²) < 4.78 is 0. The van der Waals surface area contributed by atoms with Crippen molar-refractivity contribution in [3.05, 3.63) is 0 Å². The maximum absolute atomic E-state index is 11.0. The Bertz CT molecular complexity index is 192. The first-order valence-electron chi connectivity index (χ1n) is 5.58. The summed E-state index contributed by atoms with van der Waals surface area (Å²) in [5, 5.41) is 0. The summed E-state index contributed by atoms with van der Waals surface area (Å²) in [6, 6.07) is 0. The van der Waals surface area contributed by atoms with E-state index in [1.165, 1.54) is 19.8 Å². The van der Waals surface area contributed by atoms with E-state index in [2.05, 4.69) is 12.4 Å². The summed E-state index contributed by atoms with van der Waals surface area (Å²) in [6.07, 6.45) is 4.98. The Morgan fingerprint density at radius 3 is 2.47 bits per heavy atom. The fourth-order valence-electron chi connectivity index (χ4n) is 1.08. The molecule has 0 rings (SSSR count). The van der Waals surface area contributed by atoms with Crippen molar-refractivity contribution in [2.45, 2.75) is 52.4 Å². The second-order valence-electron chi connectivity index (χ2n) is 3.63. The number of hydrogen-bond acceptors (Lipinski definition) is 4. The first-order valence-corrected chi connectivity index (χ1v) is 5.58. The fraction of sp³-hybridized carbons (Fsp3) is 0.818. The monoisotopic (exact) mass is 215 g/mol. The van der Waals surface area contributed by atoms with Crippen LogP contribution in [-0.4, -0.2) is 18.3 Å². The molecule has 88 valence electrons. The van der Waals surface area contributed by atoms with Gasteiger partial charge in [0.15, 0.2) is 0 Å². The van der Waals surface area contributed by atoms with Gasteiger partial charge in [-0.05, 0) is 13.3 Å². The van der Waals surface area contributed by atoms with Crippen molar-refractivity contribution in [2.24, 2.45) is 0 Å². The van der Waals surface area contributed by atoms with Crippen LogP contribution in [0.3, 0.4) is 0 Å². The summed E-state index contributed by atoms with van der Waals surface area (Å²) in [5.74, 6) is -0.351. The number of ketones is 1. The summed E-state index contributed by atoms with van der Waals surface area (Å²) >= 11 is 0. The van der Waals surface area contributed by atoms with E-state index >= 15 is 0 Å². The van der Waals surface area contributed by atoms with E-state index in [1.54, 1.807) is 0 Å². The zero-order valence-corrected chi connectivity index (χ0v) is 9.67. The minimum absolute atomic E-state index is 0.00916. The predicted octanol–water partition coefficient (Wildman–Crippen LogP) is 1.98. The molecule has 0 radical (unpaired) electrons. The zero-order chi connectivity index (χ0) is 11.5. The van der Waals surface area contributed by atoms with E-state index in [1.807, 2.05) is 0 Å². The standard InChI is InChI=1S/C11H21NO3/c1-3-4-5-6-9-12-15-11(14)8-7-10(2)13/h12H,3-9H2,1-2H3. The van der Waals surface area contributed by atoms with Gasteiger partial charge < -0.3 is 9.63 Å². The molecule has 0 aliphatic rings. The minimum Gasteiger partial charge on any atom is -0.371 e. The Hall–Kier alpha value is -0.900. The minimum atomic E-state index is -0.360. The van der Waals surface area contributed by atoms with E-state index in [0.717, 1.165) is 12.8 Å². The lowest BCUT2D eigenvalue weighted by atomic mass is 10.2. The molecule has 0 spiro atoms. The number of hydroxylamine groups is 1. The van der Waals surface area contributed by atoms with E-state index < -0.39 is 0 Å². The zero-order valence-electron chi connectivity index (χ0n) is 9.67. The Morgan fingerprint density at radius 2 is 1.87 bits per heavy atom. The summed E-state index contributed by atoms with van der Waals surface area (Å²) in [5.41, 5.74) is 2.61. The molecule has 0 aliphatic carbocycles. The molecule has 0 saturated heterocycles. The maximum atomic E-state index is 11.0. The third-order valence-electron chi connectivity index (χ3n) is 2.00. The Balaban J connectivity index is 3.20. The summed E-state index contributed by atoms with van der Waals surface area (Å²) in [6.45, 7) is 4.30. The SMILES string of the molecule is CCCCCCNOC(=O)CCC(C)=O. The van der Waals surface area contributed by atoms with E-state index in [0.29, 0.717) is 6.54 Å². The number of carbonyl (C=O) groups excluding carboxylic acids is 2. The van der Waals surface area contributed by atoms with Crippen molar-refractivity contribution < 1.29 is 14.4 Å². The van der Waals surface area contributed by atoms with Gasteiger partial charge in [-0.15, -0.1) is 0 Å². The molecule has 0 aromatic rings. The molecule has 4 nitrogen and oxygen atoms in total. The van der Waals surface area contributed by atoms with Crippen LogP contribution in [0.25, 0.3) is 0 Å². The average molecular weight is 215 g/mol. The highest BCUT2D eigenvalue weighted by molar-refractivity contribution is 5.80. The first-order chi connectivity index (χ1) is 7.16. The number of nitrogens with one attached hydrogen (secondary N) is 1. The van der Waals surface area contributed by atoms with Crippen LogP contribution < -0.4 is 5.48 Å². The van der Waals surface area contributed by atoms with Gasteiger partial charge in [0, 0.05) is 13.0 Å². The molecular weight excluding hydrogens is 194 g/mol. The van der Waals surface area contributed by atoms with Crippen LogP contribution in [0.5, 0.6) is 0 Å². The summed E-state index contributed by atoms with van der Waals surface area (Å²) in [4.78, 5) is 26.3. The van der Waals surface area contributed by atoms with Crippen LogP contribution in [0, 0.1) is 0 Å². The largest absolute Gasteiger partial charge is 0.371 e. The van der Waals surface area contributed by atoms with Gasteiger partial charge in [0.1, 0.15) is 5.78 Å².